The summed E-state index contributed by atoms with van der Waals surface area (Å²) in [4.78, 5) is 2.99. The average Bonchev–Trinajstić information content (AvgIpc) is 2.62. The van der Waals surface area contributed by atoms with Gasteiger partial charge in [0, 0.05) is 0 Å². The van der Waals surface area contributed by atoms with E-state index in [0.717, 1.165) is 0 Å². The minimum absolute atomic E-state index is 0.0989. The second-order valence-corrected chi connectivity index (χ2v) is 3.81. The molecule has 0 aliphatic carbocycles. The average molecular weight is 292 g/mol. The van der Waals surface area contributed by atoms with Crippen molar-refractivity contribution in [3.05, 3.63) is 11.7 Å². The van der Waals surface area contributed by atoms with Gasteiger partial charge < -0.3 is 9.63 Å². The topological polar surface area (TPSA) is 59.2 Å². The minimum atomic E-state index is -5.60. The lowest BCUT2D eigenvalue weighted by Gasteiger charge is -2.19. The first-order chi connectivity index (χ1) is 8.57. The van der Waals surface area contributed by atoms with Crippen molar-refractivity contribution in [2.45, 2.75) is 44.1 Å². The van der Waals surface area contributed by atoms with Crippen molar-refractivity contribution in [3.8, 4) is 0 Å². The molecule has 1 heterocycles. The summed E-state index contributed by atoms with van der Waals surface area (Å²) < 4.78 is 78.1. The van der Waals surface area contributed by atoms with Gasteiger partial charge in [0.25, 0.3) is 0 Å². The summed E-state index contributed by atoms with van der Waals surface area (Å²) in [6, 6.07) is 0. The van der Waals surface area contributed by atoms with E-state index in [9.17, 15) is 31.4 Å². The zero-order valence-corrected chi connectivity index (χ0v) is 9.59. The van der Waals surface area contributed by atoms with Gasteiger partial charge in [-0.3, -0.25) is 0 Å². The van der Waals surface area contributed by atoms with Crippen molar-refractivity contribution in [2.24, 2.45) is 0 Å². The maximum Gasteiger partial charge on any atom is 0.409 e. The molecule has 0 aliphatic heterocycles. The number of rotatable bonds is 4. The molecule has 0 aromatic carbocycles. The summed E-state index contributed by atoms with van der Waals surface area (Å²) in [6.45, 7) is 1.67. The number of aromatic nitrogens is 2. The van der Waals surface area contributed by atoms with Gasteiger partial charge in [-0.2, -0.15) is 31.3 Å². The monoisotopic (exact) mass is 292 g/mol. The molecule has 19 heavy (non-hydrogen) atoms. The first-order valence-electron chi connectivity index (χ1n) is 5.22. The standard InChI is InChI=1S/C9H10F6N2O2/c1-2-3-4(18)6-16-7(19-17-6)5(8(10,11)12)9(13,14)15/h4-5,18H,2-3H2,1H3. The molecule has 1 aromatic rings. The predicted molar refractivity (Wildman–Crippen MR) is 49.0 cm³/mol. The zero-order chi connectivity index (χ0) is 14.8. The molecule has 0 saturated carbocycles. The van der Waals surface area contributed by atoms with E-state index >= 15 is 0 Å². The lowest BCUT2D eigenvalue weighted by Crippen LogP contribution is -2.34. The molecule has 0 aliphatic rings. The van der Waals surface area contributed by atoms with Crippen molar-refractivity contribution in [1.29, 1.82) is 0 Å². The van der Waals surface area contributed by atoms with Gasteiger partial charge in [-0.15, -0.1) is 0 Å². The first kappa shape index (κ1) is 15.7. The first-order valence-corrected chi connectivity index (χ1v) is 5.22. The maximum atomic E-state index is 12.3. The smallest absolute Gasteiger partial charge is 0.385 e. The van der Waals surface area contributed by atoms with Gasteiger partial charge in [-0.25, -0.2) is 0 Å². The number of hydrogen-bond acceptors (Lipinski definition) is 4. The number of hydrogen-bond donors (Lipinski definition) is 1. The fraction of sp³-hybridized carbons (Fsp3) is 0.778. The fourth-order valence-corrected chi connectivity index (χ4v) is 1.37. The third kappa shape index (κ3) is 3.82. The van der Waals surface area contributed by atoms with Crippen LogP contribution in [-0.2, 0) is 0 Å². The molecule has 0 saturated heterocycles. The Morgan fingerprint density at radius 1 is 1.16 bits per heavy atom. The van der Waals surface area contributed by atoms with Crippen LogP contribution in [0.25, 0.3) is 0 Å². The third-order valence-corrected chi connectivity index (χ3v) is 2.22. The van der Waals surface area contributed by atoms with Crippen LogP contribution in [0, 0.1) is 0 Å². The van der Waals surface area contributed by atoms with Crippen LogP contribution in [0.3, 0.4) is 0 Å². The van der Waals surface area contributed by atoms with Crippen LogP contribution in [0.5, 0.6) is 0 Å². The van der Waals surface area contributed by atoms with Crippen molar-refractivity contribution in [1.82, 2.24) is 10.1 Å². The Morgan fingerprint density at radius 3 is 2.11 bits per heavy atom. The molecule has 0 radical (unpaired) electrons. The van der Waals surface area contributed by atoms with Crippen molar-refractivity contribution < 1.29 is 36.0 Å². The second-order valence-electron chi connectivity index (χ2n) is 3.81. The summed E-state index contributed by atoms with van der Waals surface area (Å²) in [5.41, 5.74) is 0. The molecule has 10 heteroatoms. The highest BCUT2D eigenvalue weighted by molar-refractivity contribution is 5.02. The zero-order valence-electron chi connectivity index (χ0n) is 9.59. The van der Waals surface area contributed by atoms with E-state index in [4.69, 9.17) is 0 Å². The molecular weight excluding hydrogens is 282 g/mol. The van der Waals surface area contributed by atoms with Crippen LogP contribution in [-0.4, -0.2) is 27.6 Å². The van der Waals surface area contributed by atoms with Crippen molar-refractivity contribution in [2.75, 3.05) is 0 Å². The lowest BCUT2D eigenvalue weighted by molar-refractivity contribution is -0.259. The Balaban J connectivity index is 3.06. The SMILES string of the molecule is CCCC(O)c1noc(C(C(F)(F)F)C(F)(F)F)n1. The number of halogens is 6. The van der Waals surface area contributed by atoms with Crippen LogP contribution < -0.4 is 0 Å². The van der Waals surface area contributed by atoms with Crippen molar-refractivity contribution >= 4 is 0 Å². The Labute approximate surface area is 103 Å². The van der Waals surface area contributed by atoms with Gasteiger partial charge >= 0.3 is 12.4 Å². The summed E-state index contributed by atoms with van der Waals surface area (Å²) >= 11 is 0. The number of aliphatic hydroxyl groups excluding tert-OH is 1. The van der Waals surface area contributed by atoms with Crippen LogP contribution in [0.4, 0.5) is 26.3 Å². The highest BCUT2D eigenvalue weighted by Crippen LogP contribution is 2.45. The van der Waals surface area contributed by atoms with Crippen LogP contribution >= 0.6 is 0 Å². The van der Waals surface area contributed by atoms with E-state index in [-0.39, 0.29) is 6.42 Å². The fourth-order valence-electron chi connectivity index (χ4n) is 1.37. The Morgan fingerprint density at radius 2 is 1.68 bits per heavy atom. The molecule has 1 atom stereocenters. The predicted octanol–water partition coefficient (Wildman–Crippen LogP) is 3.11. The lowest BCUT2D eigenvalue weighted by atomic mass is 10.1. The van der Waals surface area contributed by atoms with E-state index in [1.807, 2.05) is 0 Å². The Bertz CT molecular complexity index is 400. The molecule has 1 aromatic heterocycles. The second kappa shape index (κ2) is 5.35. The van der Waals surface area contributed by atoms with E-state index in [2.05, 4.69) is 14.7 Å². The van der Waals surface area contributed by atoms with Gasteiger partial charge in [0.05, 0.1) is 0 Å². The number of nitrogens with zero attached hydrogens (tertiary/aromatic N) is 2. The van der Waals surface area contributed by atoms with Gasteiger partial charge in [0.15, 0.2) is 5.82 Å². The third-order valence-electron chi connectivity index (χ3n) is 2.22. The van der Waals surface area contributed by atoms with E-state index in [0.29, 0.717) is 6.42 Å². The molecule has 0 spiro atoms. The highest BCUT2D eigenvalue weighted by Gasteiger charge is 2.60. The van der Waals surface area contributed by atoms with Gasteiger partial charge in [0.1, 0.15) is 6.10 Å². The van der Waals surface area contributed by atoms with Gasteiger partial charge in [0.2, 0.25) is 11.8 Å². The van der Waals surface area contributed by atoms with Crippen LogP contribution in [0.15, 0.2) is 4.52 Å². The van der Waals surface area contributed by atoms with E-state index in [1.54, 1.807) is 6.92 Å². The maximum absolute atomic E-state index is 12.3. The highest BCUT2D eigenvalue weighted by atomic mass is 19.4. The number of aliphatic hydroxyl groups is 1. The molecule has 1 N–H and O–H groups in total. The minimum Gasteiger partial charge on any atom is -0.385 e. The molecule has 110 valence electrons. The summed E-state index contributed by atoms with van der Waals surface area (Å²) in [6.07, 6.45) is -12.0. The summed E-state index contributed by atoms with van der Waals surface area (Å²) in [5.74, 6) is -6.06. The number of alkyl halides is 6. The summed E-state index contributed by atoms with van der Waals surface area (Å²) in [7, 11) is 0. The largest absolute Gasteiger partial charge is 0.409 e. The van der Waals surface area contributed by atoms with Gasteiger partial charge in [-0.05, 0) is 6.42 Å². The summed E-state index contributed by atoms with van der Waals surface area (Å²) in [5, 5.41) is 12.3. The van der Waals surface area contributed by atoms with Gasteiger partial charge in [-0.1, -0.05) is 18.5 Å². The van der Waals surface area contributed by atoms with Crippen LogP contribution in [0.2, 0.25) is 0 Å². The molecule has 1 rings (SSSR count). The molecule has 0 amide bonds. The normalized spacial score (nSPS) is 15.0. The molecule has 0 bridgehead atoms. The quantitative estimate of drug-likeness (QED) is 0.866. The molecule has 4 nitrogen and oxygen atoms in total. The molecule has 1 unspecified atom stereocenters. The van der Waals surface area contributed by atoms with E-state index < -0.39 is 36.1 Å². The Hall–Kier alpha value is -1.32. The Kier molecular flexibility index (Phi) is 4.43. The molecular formula is C9H10F6N2O2. The van der Waals surface area contributed by atoms with E-state index in [1.165, 1.54) is 0 Å². The van der Waals surface area contributed by atoms with Crippen LogP contribution in [0.1, 0.15) is 43.5 Å². The molecule has 0 fully saturated rings. The van der Waals surface area contributed by atoms with Crippen molar-refractivity contribution in [3.63, 3.8) is 0 Å².